The van der Waals surface area contributed by atoms with E-state index in [2.05, 4.69) is 11.8 Å². The average Bonchev–Trinajstić information content (AvgIpc) is 3.27. The van der Waals surface area contributed by atoms with Gasteiger partial charge < -0.3 is 19.2 Å². The number of esters is 1. The number of amides is 1. The molecule has 1 aromatic heterocycles. The monoisotopic (exact) mass is 449 g/mol. The first-order valence-corrected chi connectivity index (χ1v) is 11.3. The number of furan rings is 1. The molecule has 0 bridgehead atoms. The zero-order valence-corrected chi connectivity index (χ0v) is 19.5. The quantitative estimate of drug-likeness (QED) is 0.526. The third kappa shape index (κ3) is 6.59. The lowest BCUT2D eigenvalue weighted by atomic mass is 9.76. The van der Waals surface area contributed by atoms with Gasteiger partial charge in [-0.25, -0.2) is 0 Å². The van der Waals surface area contributed by atoms with Crippen LogP contribution in [0.3, 0.4) is 0 Å². The summed E-state index contributed by atoms with van der Waals surface area (Å²) < 4.78 is 11.0. The van der Waals surface area contributed by atoms with Crippen LogP contribution in [-0.4, -0.2) is 47.2 Å². The standard InChI is InChI=1S/C27H31NO5/c1-4-32-25(30)27(16-8-12-21-10-6-5-7-11-21)17-9-19-28(20-27)24(29)23-14-13-22(33-23)15-18-26(2,3)31/h5-8,10-14,31H,4,9,16-17,19-20H2,1-3H3. The molecule has 0 aliphatic carbocycles. The first-order valence-electron chi connectivity index (χ1n) is 11.3. The van der Waals surface area contributed by atoms with Crippen molar-refractivity contribution in [1.82, 2.24) is 4.90 Å². The number of nitrogens with zero attached hydrogens (tertiary/aromatic N) is 1. The Morgan fingerprint density at radius 3 is 2.70 bits per heavy atom. The molecule has 1 aliphatic rings. The number of hydrogen-bond acceptors (Lipinski definition) is 5. The molecule has 1 saturated heterocycles. The Kier molecular flexibility index (Phi) is 7.78. The highest BCUT2D eigenvalue weighted by Gasteiger charge is 2.44. The number of piperidine rings is 1. The van der Waals surface area contributed by atoms with E-state index >= 15 is 0 Å². The molecule has 6 heteroatoms. The molecule has 1 fully saturated rings. The van der Waals surface area contributed by atoms with Crippen molar-refractivity contribution in [3.63, 3.8) is 0 Å². The number of allylic oxidation sites excluding steroid dienone is 1. The summed E-state index contributed by atoms with van der Waals surface area (Å²) in [6.45, 7) is 6.02. The van der Waals surface area contributed by atoms with Gasteiger partial charge in [0.1, 0.15) is 5.60 Å². The van der Waals surface area contributed by atoms with E-state index < -0.39 is 11.0 Å². The van der Waals surface area contributed by atoms with Crippen LogP contribution in [0.2, 0.25) is 0 Å². The largest absolute Gasteiger partial charge is 0.466 e. The summed E-state index contributed by atoms with van der Waals surface area (Å²) in [5.74, 6) is 5.30. The van der Waals surface area contributed by atoms with Crippen LogP contribution >= 0.6 is 0 Å². The average molecular weight is 450 g/mol. The molecule has 1 aliphatic heterocycles. The van der Waals surface area contributed by atoms with Gasteiger partial charge in [-0.2, -0.15) is 0 Å². The molecule has 1 unspecified atom stereocenters. The number of carbonyl (C=O) groups is 2. The number of ether oxygens (including phenoxy) is 1. The lowest BCUT2D eigenvalue weighted by Gasteiger charge is -2.40. The van der Waals surface area contributed by atoms with Crippen molar-refractivity contribution in [2.24, 2.45) is 5.41 Å². The Bertz CT molecular complexity index is 1050. The number of benzene rings is 1. The minimum Gasteiger partial charge on any atom is -0.466 e. The van der Waals surface area contributed by atoms with Gasteiger partial charge in [-0.3, -0.25) is 9.59 Å². The summed E-state index contributed by atoms with van der Waals surface area (Å²) in [6.07, 6.45) is 5.79. The van der Waals surface area contributed by atoms with E-state index in [1.54, 1.807) is 37.8 Å². The maximum Gasteiger partial charge on any atom is 0.314 e. The molecule has 2 aromatic rings. The van der Waals surface area contributed by atoms with E-state index in [1.807, 2.05) is 42.5 Å². The Balaban J connectivity index is 1.77. The molecular formula is C27H31NO5. The molecular weight excluding hydrogens is 418 g/mol. The Labute approximate surface area is 195 Å². The fourth-order valence-electron chi connectivity index (χ4n) is 3.88. The van der Waals surface area contributed by atoms with E-state index in [0.717, 1.165) is 5.56 Å². The summed E-state index contributed by atoms with van der Waals surface area (Å²) >= 11 is 0. The summed E-state index contributed by atoms with van der Waals surface area (Å²) in [4.78, 5) is 27.8. The number of likely N-dealkylation sites (tertiary alicyclic amines) is 1. The minimum absolute atomic E-state index is 0.162. The van der Waals surface area contributed by atoms with E-state index in [4.69, 9.17) is 9.15 Å². The molecule has 174 valence electrons. The first-order chi connectivity index (χ1) is 15.7. The van der Waals surface area contributed by atoms with Crippen LogP contribution in [0, 0.1) is 17.3 Å². The Morgan fingerprint density at radius 1 is 1.24 bits per heavy atom. The van der Waals surface area contributed by atoms with E-state index in [0.29, 0.717) is 38.2 Å². The highest BCUT2D eigenvalue weighted by molar-refractivity contribution is 5.92. The van der Waals surface area contributed by atoms with Crippen LogP contribution < -0.4 is 0 Å². The number of rotatable bonds is 6. The smallest absolute Gasteiger partial charge is 0.314 e. The molecule has 1 amide bonds. The maximum absolute atomic E-state index is 13.1. The SMILES string of the molecule is CCOC(=O)C1(CC=Cc2ccccc2)CCCN(C(=O)c2ccc(C#CC(C)(C)O)o2)C1. The molecule has 1 N–H and O–H groups in total. The van der Waals surface area contributed by atoms with Crippen molar-refractivity contribution in [2.45, 2.75) is 45.6 Å². The third-order valence-corrected chi connectivity index (χ3v) is 5.50. The highest BCUT2D eigenvalue weighted by atomic mass is 16.5. The summed E-state index contributed by atoms with van der Waals surface area (Å²) in [5, 5.41) is 9.76. The summed E-state index contributed by atoms with van der Waals surface area (Å²) in [6, 6.07) is 13.1. The lowest BCUT2D eigenvalue weighted by Crippen LogP contribution is -2.50. The van der Waals surface area contributed by atoms with E-state index in [-0.39, 0.29) is 24.2 Å². The van der Waals surface area contributed by atoms with Crippen molar-refractivity contribution < 1.29 is 23.8 Å². The van der Waals surface area contributed by atoms with E-state index in [9.17, 15) is 14.7 Å². The van der Waals surface area contributed by atoms with Crippen LogP contribution in [0.25, 0.3) is 6.08 Å². The number of carbonyl (C=O) groups excluding carboxylic acids is 2. The van der Waals surface area contributed by atoms with Crippen molar-refractivity contribution in [2.75, 3.05) is 19.7 Å². The van der Waals surface area contributed by atoms with Crippen LogP contribution in [0.1, 0.15) is 61.9 Å². The van der Waals surface area contributed by atoms with Crippen molar-refractivity contribution in [3.8, 4) is 11.8 Å². The van der Waals surface area contributed by atoms with Gasteiger partial charge in [-0.1, -0.05) is 48.4 Å². The second kappa shape index (κ2) is 10.5. The Hall–Kier alpha value is -3.30. The van der Waals surface area contributed by atoms with Crippen molar-refractivity contribution >= 4 is 18.0 Å². The van der Waals surface area contributed by atoms with Gasteiger partial charge in [-0.15, -0.1) is 0 Å². The second-order valence-electron chi connectivity index (χ2n) is 8.82. The second-order valence-corrected chi connectivity index (χ2v) is 8.82. The predicted octanol–water partition coefficient (Wildman–Crippen LogP) is 4.29. The van der Waals surface area contributed by atoms with Gasteiger partial charge in [0.2, 0.25) is 0 Å². The molecule has 0 saturated carbocycles. The Morgan fingerprint density at radius 2 is 2.00 bits per heavy atom. The number of hydrogen-bond donors (Lipinski definition) is 1. The number of aliphatic hydroxyl groups is 1. The minimum atomic E-state index is -1.16. The fraction of sp³-hybridized carbons (Fsp3) is 0.407. The van der Waals surface area contributed by atoms with Crippen molar-refractivity contribution in [1.29, 1.82) is 0 Å². The lowest BCUT2D eigenvalue weighted by molar-refractivity contribution is -0.158. The van der Waals surface area contributed by atoms with E-state index in [1.165, 1.54) is 0 Å². The highest BCUT2D eigenvalue weighted by Crippen LogP contribution is 2.36. The van der Waals surface area contributed by atoms with Gasteiger partial charge in [0.15, 0.2) is 11.5 Å². The summed E-state index contributed by atoms with van der Waals surface area (Å²) in [5.41, 5.74) is -0.905. The molecule has 2 heterocycles. The maximum atomic E-state index is 13.1. The normalized spacial score (nSPS) is 18.6. The van der Waals surface area contributed by atoms with Gasteiger partial charge in [0.05, 0.1) is 12.0 Å². The van der Waals surface area contributed by atoms with Crippen LogP contribution in [-0.2, 0) is 9.53 Å². The molecule has 1 aromatic carbocycles. The molecule has 0 spiro atoms. The van der Waals surface area contributed by atoms with Crippen LogP contribution in [0.5, 0.6) is 0 Å². The topological polar surface area (TPSA) is 80.0 Å². The molecule has 6 nitrogen and oxygen atoms in total. The zero-order valence-electron chi connectivity index (χ0n) is 19.5. The third-order valence-electron chi connectivity index (χ3n) is 5.50. The van der Waals surface area contributed by atoms with Crippen molar-refractivity contribution in [3.05, 3.63) is 65.6 Å². The molecule has 0 radical (unpaired) electrons. The zero-order chi connectivity index (χ0) is 23.9. The van der Waals surface area contributed by atoms with Crippen LogP contribution in [0.4, 0.5) is 0 Å². The van der Waals surface area contributed by atoms with Gasteiger partial charge >= 0.3 is 5.97 Å². The van der Waals surface area contributed by atoms with Crippen LogP contribution in [0.15, 0.2) is 53.0 Å². The van der Waals surface area contributed by atoms with Gasteiger partial charge in [0.25, 0.3) is 5.91 Å². The molecule has 3 rings (SSSR count). The predicted molar refractivity (Wildman–Crippen MR) is 126 cm³/mol. The fourth-order valence-corrected chi connectivity index (χ4v) is 3.88. The molecule has 1 atom stereocenters. The van der Waals surface area contributed by atoms with Gasteiger partial charge in [0, 0.05) is 13.1 Å². The first kappa shape index (κ1) is 24.3. The molecule has 33 heavy (non-hydrogen) atoms. The summed E-state index contributed by atoms with van der Waals surface area (Å²) in [7, 11) is 0. The van der Waals surface area contributed by atoms with Gasteiger partial charge in [-0.05, 0) is 63.7 Å².